The van der Waals surface area contributed by atoms with E-state index < -0.39 is 10.8 Å². The second-order valence-corrected chi connectivity index (χ2v) is 5.98. The van der Waals surface area contributed by atoms with E-state index in [1.54, 1.807) is 0 Å². The van der Waals surface area contributed by atoms with Crippen molar-refractivity contribution in [2.75, 3.05) is 5.32 Å². The number of Topliss-reactive ketones (excluding diaryl/α,β-unsaturated/α-hetero) is 1. The Morgan fingerprint density at radius 1 is 1.17 bits per heavy atom. The molecular formula is C15H21NO2. The summed E-state index contributed by atoms with van der Waals surface area (Å²) in [7, 11) is 0. The number of carbonyl (C=O) groups excluding carboxylic acids is 2. The van der Waals surface area contributed by atoms with Crippen LogP contribution in [-0.4, -0.2) is 11.7 Å². The maximum absolute atomic E-state index is 12.3. The highest BCUT2D eigenvalue weighted by Gasteiger charge is 2.58. The Bertz CT molecular complexity index is 473. The number of nitrogens with one attached hydrogen (secondary N) is 1. The molecule has 98 valence electrons. The molecule has 1 aromatic carbocycles. The van der Waals surface area contributed by atoms with Crippen molar-refractivity contribution in [1.29, 1.82) is 0 Å². The van der Waals surface area contributed by atoms with Gasteiger partial charge in [-0.3, -0.25) is 9.59 Å². The number of benzene rings is 1. The van der Waals surface area contributed by atoms with Gasteiger partial charge >= 0.3 is 0 Å². The molecule has 3 nitrogen and oxygen atoms in total. The molecular weight excluding hydrogens is 226 g/mol. The molecule has 2 rings (SSSR count). The van der Waals surface area contributed by atoms with Crippen LogP contribution in [0.15, 0.2) is 30.3 Å². The second kappa shape index (κ2) is 4.23. The zero-order valence-corrected chi connectivity index (χ0v) is 11.1. The second-order valence-electron chi connectivity index (χ2n) is 5.98. The quantitative estimate of drug-likeness (QED) is 0.833. The highest BCUT2D eigenvalue weighted by molar-refractivity contribution is 6.15. The number of carbonyl (C=O) groups is 2. The zero-order chi connectivity index (χ0) is 13.4. The lowest BCUT2D eigenvalue weighted by molar-refractivity contribution is -0.138. The third kappa shape index (κ3) is 2.30. The molecule has 18 heavy (non-hydrogen) atoms. The van der Waals surface area contributed by atoms with Gasteiger partial charge in [-0.2, -0.15) is 0 Å². The smallest absolute Gasteiger partial charge is 0.238 e. The molecule has 1 amide bonds. The Kier molecular flexibility index (Phi) is 3.01. The Morgan fingerprint density at radius 3 is 2.17 bits per heavy atom. The Morgan fingerprint density at radius 2 is 1.72 bits per heavy atom. The first kappa shape index (κ1) is 12.8. The zero-order valence-electron chi connectivity index (χ0n) is 11.1. The molecule has 1 aliphatic rings. The van der Waals surface area contributed by atoms with Crippen molar-refractivity contribution in [3.8, 4) is 0 Å². The standard InChI is InChI=1S/C15H19NO2.H2/c1-14(2,3)12(17)15(9-10-15)13(18)16-11-7-5-4-6-8-11;/h4-8H,9-10H2,1-3H3,(H,16,18);1H. The van der Waals surface area contributed by atoms with Crippen molar-refractivity contribution in [2.24, 2.45) is 10.8 Å². The minimum absolute atomic E-state index is 0. The molecule has 0 aliphatic heterocycles. The van der Waals surface area contributed by atoms with Crippen molar-refractivity contribution in [3.05, 3.63) is 30.3 Å². The van der Waals surface area contributed by atoms with Crippen molar-refractivity contribution >= 4 is 17.4 Å². The molecule has 0 bridgehead atoms. The lowest BCUT2D eigenvalue weighted by Crippen LogP contribution is -2.38. The normalized spacial score (nSPS) is 17.1. The third-order valence-electron chi connectivity index (χ3n) is 3.33. The lowest BCUT2D eigenvalue weighted by atomic mass is 9.80. The van der Waals surface area contributed by atoms with Crippen molar-refractivity contribution in [2.45, 2.75) is 33.6 Å². The van der Waals surface area contributed by atoms with E-state index in [1.807, 2.05) is 51.1 Å². The van der Waals surface area contributed by atoms with Crippen LogP contribution in [0.3, 0.4) is 0 Å². The summed E-state index contributed by atoms with van der Waals surface area (Å²) in [4.78, 5) is 24.6. The number of amides is 1. The number of hydrogen-bond donors (Lipinski definition) is 1. The summed E-state index contributed by atoms with van der Waals surface area (Å²) in [6.45, 7) is 5.60. The third-order valence-corrected chi connectivity index (χ3v) is 3.33. The Balaban J connectivity index is 0.00000180. The van der Waals surface area contributed by atoms with Crippen LogP contribution < -0.4 is 5.32 Å². The highest BCUT2D eigenvalue weighted by Crippen LogP contribution is 2.51. The minimum Gasteiger partial charge on any atom is -0.325 e. The molecule has 0 unspecified atom stereocenters. The van der Waals surface area contributed by atoms with Gasteiger partial charge in [0.1, 0.15) is 5.41 Å². The maximum atomic E-state index is 12.3. The van der Waals surface area contributed by atoms with Crippen LogP contribution in [0.4, 0.5) is 5.69 Å². The molecule has 1 fully saturated rings. The van der Waals surface area contributed by atoms with Gasteiger partial charge in [0.2, 0.25) is 5.91 Å². The average Bonchev–Trinajstić information content (AvgIpc) is 3.09. The van der Waals surface area contributed by atoms with Crippen LogP contribution in [0.2, 0.25) is 0 Å². The van der Waals surface area contributed by atoms with Gasteiger partial charge < -0.3 is 5.32 Å². The van der Waals surface area contributed by atoms with Crippen LogP contribution in [0.1, 0.15) is 35.0 Å². The predicted octanol–water partition coefficient (Wildman–Crippen LogP) is 3.27. The molecule has 0 radical (unpaired) electrons. The summed E-state index contributed by atoms with van der Waals surface area (Å²) >= 11 is 0. The topological polar surface area (TPSA) is 46.2 Å². The van der Waals surface area contributed by atoms with Crippen molar-refractivity contribution in [3.63, 3.8) is 0 Å². The fourth-order valence-corrected chi connectivity index (χ4v) is 2.17. The molecule has 0 heterocycles. The summed E-state index contributed by atoms with van der Waals surface area (Å²) in [6.07, 6.45) is 1.34. The molecule has 0 spiro atoms. The number of ketones is 1. The van der Waals surface area contributed by atoms with Crippen molar-refractivity contribution < 1.29 is 11.0 Å². The van der Waals surface area contributed by atoms with E-state index in [-0.39, 0.29) is 13.1 Å². The van der Waals surface area contributed by atoms with Crippen LogP contribution >= 0.6 is 0 Å². The number of anilines is 1. The van der Waals surface area contributed by atoms with E-state index in [1.165, 1.54) is 0 Å². The monoisotopic (exact) mass is 247 g/mol. The predicted molar refractivity (Wildman–Crippen MR) is 73.3 cm³/mol. The lowest BCUT2D eigenvalue weighted by Gasteiger charge is -2.23. The van der Waals surface area contributed by atoms with Gasteiger partial charge in [-0.25, -0.2) is 0 Å². The summed E-state index contributed by atoms with van der Waals surface area (Å²) in [5.41, 5.74) is -0.506. The van der Waals surface area contributed by atoms with E-state index >= 15 is 0 Å². The van der Waals surface area contributed by atoms with E-state index in [9.17, 15) is 9.59 Å². The number of para-hydroxylation sites is 1. The first-order chi connectivity index (χ1) is 8.36. The molecule has 1 N–H and O–H groups in total. The first-order valence-electron chi connectivity index (χ1n) is 6.28. The summed E-state index contributed by atoms with van der Waals surface area (Å²) in [5, 5.41) is 2.84. The van der Waals surface area contributed by atoms with Crippen LogP contribution in [0.25, 0.3) is 0 Å². The number of rotatable bonds is 3. The largest absolute Gasteiger partial charge is 0.325 e. The van der Waals surface area contributed by atoms with Gasteiger partial charge in [0.05, 0.1) is 0 Å². The minimum atomic E-state index is -0.784. The maximum Gasteiger partial charge on any atom is 0.238 e. The highest BCUT2D eigenvalue weighted by atomic mass is 16.2. The Hall–Kier alpha value is -1.64. The average molecular weight is 247 g/mol. The molecule has 0 atom stereocenters. The van der Waals surface area contributed by atoms with Crippen molar-refractivity contribution in [1.82, 2.24) is 0 Å². The molecule has 1 aromatic rings. The molecule has 1 saturated carbocycles. The fraction of sp³-hybridized carbons (Fsp3) is 0.467. The summed E-state index contributed by atoms with van der Waals surface area (Å²) in [5.74, 6) is -0.114. The van der Waals surface area contributed by atoms with Gasteiger partial charge in [0.25, 0.3) is 0 Å². The fourth-order valence-electron chi connectivity index (χ4n) is 2.17. The Labute approximate surface area is 109 Å². The molecule has 1 aliphatic carbocycles. The van der Waals surface area contributed by atoms with Gasteiger partial charge in [0.15, 0.2) is 5.78 Å². The van der Waals surface area contributed by atoms with E-state index in [4.69, 9.17) is 0 Å². The number of hydrogen-bond acceptors (Lipinski definition) is 2. The van der Waals surface area contributed by atoms with Gasteiger partial charge in [-0.1, -0.05) is 39.0 Å². The van der Waals surface area contributed by atoms with Crippen LogP contribution in [0.5, 0.6) is 0 Å². The van der Waals surface area contributed by atoms with E-state index in [2.05, 4.69) is 5.32 Å². The van der Waals surface area contributed by atoms with E-state index in [0.717, 1.165) is 5.69 Å². The van der Waals surface area contributed by atoms with Crippen LogP contribution in [0, 0.1) is 10.8 Å². The molecule has 3 heteroatoms. The summed E-state index contributed by atoms with van der Waals surface area (Å²) in [6, 6.07) is 9.27. The molecule has 0 saturated heterocycles. The first-order valence-corrected chi connectivity index (χ1v) is 6.28. The SMILES string of the molecule is CC(C)(C)C(=O)C1(C(=O)Nc2ccccc2)CC1.[HH]. The van der Waals surface area contributed by atoms with Crippen LogP contribution in [-0.2, 0) is 9.59 Å². The van der Waals surface area contributed by atoms with Gasteiger partial charge in [-0.15, -0.1) is 0 Å². The molecule has 0 aromatic heterocycles. The van der Waals surface area contributed by atoms with E-state index in [0.29, 0.717) is 12.8 Å². The summed E-state index contributed by atoms with van der Waals surface area (Å²) < 4.78 is 0. The van der Waals surface area contributed by atoms with Gasteiger partial charge in [0, 0.05) is 12.5 Å². The van der Waals surface area contributed by atoms with Gasteiger partial charge in [-0.05, 0) is 25.0 Å².